The van der Waals surface area contributed by atoms with Gasteiger partial charge in [0.25, 0.3) is 5.91 Å². The Morgan fingerprint density at radius 2 is 2.07 bits per heavy atom. The number of likely N-dealkylation sites (tertiary alicyclic amines) is 1. The number of primary amides is 1. The molecule has 156 valence electrons. The summed E-state index contributed by atoms with van der Waals surface area (Å²) in [4.78, 5) is 29.8. The van der Waals surface area contributed by atoms with Gasteiger partial charge in [-0.05, 0) is 37.0 Å². The van der Waals surface area contributed by atoms with Crippen molar-refractivity contribution >= 4 is 41.8 Å². The van der Waals surface area contributed by atoms with Crippen LogP contribution >= 0.6 is 24.0 Å². The highest BCUT2D eigenvalue weighted by Crippen LogP contribution is 2.19. The summed E-state index contributed by atoms with van der Waals surface area (Å²) in [6.07, 6.45) is 2.42. The zero-order chi connectivity index (χ0) is 19.6. The predicted octanol–water partition coefficient (Wildman–Crippen LogP) is 1.21. The predicted molar refractivity (Wildman–Crippen MR) is 120 cm³/mol. The third-order valence-electron chi connectivity index (χ3n) is 4.55. The van der Waals surface area contributed by atoms with Crippen LogP contribution < -0.4 is 21.1 Å². The van der Waals surface area contributed by atoms with Crippen LogP contribution in [0.3, 0.4) is 0 Å². The highest BCUT2D eigenvalue weighted by molar-refractivity contribution is 14.0. The zero-order valence-corrected chi connectivity index (χ0v) is 18.8. The molecule has 0 aromatic heterocycles. The molecule has 1 atom stereocenters. The largest absolute Gasteiger partial charge is 0.497 e. The first-order valence-corrected chi connectivity index (χ1v) is 9.19. The Morgan fingerprint density at radius 3 is 2.75 bits per heavy atom. The molecule has 4 N–H and O–H groups in total. The molecular formula is C19H30IN5O3. The molecule has 0 spiro atoms. The van der Waals surface area contributed by atoms with Crippen LogP contribution in [-0.2, 0) is 4.79 Å². The van der Waals surface area contributed by atoms with Gasteiger partial charge in [0.05, 0.1) is 7.11 Å². The number of nitrogens with zero attached hydrogens (tertiary/aromatic N) is 2. The minimum Gasteiger partial charge on any atom is -0.497 e. The van der Waals surface area contributed by atoms with Gasteiger partial charge in [-0.1, -0.05) is 6.07 Å². The van der Waals surface area contributed by atoms with E-state index in [1.54, 1.807) is 38.4 Å². The third-order valence-corrected chi connectivity index (χ3v) is 4.55. The lowest BCUT2D eigenvalue weighted by Gasteiger charge is -2.34. The van der Waals surface area contributed by atoms with E-state index in [4.69, 9.17) is 10.5 Å². The summed E-state index contributed by atoms with van der Waals surface area (Å²) < 4.78 is 5.13. The van der Waals surface area contributed by atoms with E-state index in [1.807, 2.05) is 0 Å². The van der Waals surface area contributed by atoms with Crippen LogP contribution in [0, 0.1) is 5.92 Å². The van der Waals surface area contributed by atoms with Crippen LogP contribution in [0.15, 0.2) is 29.3 Å². The van der Waals surface area contributed by atoms with Crippen LogP contribution in [0.2, 0.25) is 0 Å². The minimum atomic E-state index is -0.259. The molecule has 0 saturated carbocycles. The van der Waals surface area contributed by atoms with Crippen LogP contribution in [0.25, 0.3) is 0 Å². The van der Waals surface area contributed by atoms with Crippen molar-refractivity contribution in [2.24, 2.45) is 16.6 Å². The van der Waals surface area contributed by atoms with E-state index in [2.05, 4.69) is 20.5 Å². The van der Waals surface area contributed by atoms with E-state index < -0.39 is 0 Å². The molecule has 9 heteroatoms. The van der Waals surface area contributed by atoms with Gasteiger partial charge in [-0.25, -0.2) is 0 Å². The number of hydrogen-bond donors (Lipinski definition) is 3. The van der Waals surface area contributed by atoms with Crippen molar-refractivity contribution in [1.82, 2.24) is 15.5 Å². The molecule has 1 unspecified atom stereocenters. The molecule has 0 bridgehead atoms. The Morgan fingerprint density at radius 1 is 1.32 bits per heavy atom. The van der Waals surface area contributed by atoms with Gasteiger partial charge in [-0.2, -0.15) is 0 Å². The smallest absolute Gasteiger partial charge is 0.251 e. The highest BCUT2D eigenvalue weighted by atomic mass is 127. The number of methoxy groups -OCH3 is 1. The molecule has 0 radical (unpaired) electrons. The Labute approximate surface area is 183 Å². The molecule has 2 rings (SSSR count). The maximum Gasteiger partial charge on any atom is 0.251 e. The first-order valence-electron chi connectivity index (χ1n) is 9.19. The van der Waals surface area contributed by atoms with E-state index in [0.717, 1.165) is 31.9 Å². The lowest BCUT2D eigenvalue weighted by atomic mass is 9.95. The summed E-state index contributed by atoms with van der Waals surface area (Å²) in [5.74, 6) is 1.29. The van der Waals surface area contributed by atoms with Crippen molar-refractivity contribution in [3.05, 3.63) is 29.8 Å². The summed E-state index contributed by atoms with van der Waals surface area (Å²) in [5, 5.41) is 6.14. The number of amides is 2. The Balaban J connectivity index is 0.00000392. The van der Waals surface area contributed by atoms with Gasteiger partial charge in [0, 0.05) is 45.2 Å². The molecule has 8 nitrogen and oxygen atoms in total. The van der Waals surface area contributed by atoms with Crippen LogP contribution in [0.1, 0.15) is 29.6 Å². The molecule has 1 fully saturated rings. The summed E-state index contributed by atoms with van der Waals surface area (Å²) in [5.41, 5.74) is 5.88. The molecule has 1 saturated heterocycles. The highest BCUT2D eigenvalue weighted by Gasteiger charge is 2.23. The molecule has 0 aliphatic carbocycles. The van der Waals surface area contributed by atoms with Gasteiger partial charge < -0.3 is 26.0 Å². The van der Waals surface area contributed by atoms with Gasteiger partial charge in [-0.3, -0.25) is 14.6 Å². The molecule has 1 aromatic carbocycles. The number of guanidine groups is 1. The van der Waals surface area contributed by atoms with Crippen molar-refractivity contribution in [2.45, 2.75) is 19.3 Å². The lowest BCUT2D eigenvalue weighted by Crippen LogP contribution is -2.48. The standard InChI is InChI=1S/C19H29N5O3.HI/c1-21-19(24-10-4-5-14(13-24)11-17(20)25)23-9-8-22-18(26)15-6-3-7-16(12-15)27-2;/h3,6-7,12,14H,4-5,8-11,13H2,1-2H3,(H2,20,25)(H,21,23)(H,22,26);1H. The van der Waals surface area contributed by atoms with Gasteiger partial charge in [-0.15, -0.1) is 24.0 Å². The van der Waals surface area contributed by atoms with Crippen molar-refractivity contribution in [2.75, 3.05) is 40.3 Å². The second kappa shape index (κ2) is 12.4. The number of carbonyl (C=O) groups excluding carboxylic acids is 2. The third kappa shape index (κ3) is 7.53. The van der Waals surface area contributed by atoms with Gasteiger partial charge in [0.1, 0.15) is 5.75 Å². The first-order chi connectivity index (χ1) is 13.0. The fraction of sp³-hybridized carbons (Fsp3) is 0.526. The quantitative estimate of drug-likeness (QED) is 0.224. The molecule has 1 aliphatic heterocycles. The van der Waals surface area contributed by atoms with E-state index in [1.165, 1.54) is 0 Å². The van der Waals surface area contributed by atoms with E-state index in [-0.39, 0.29) is 41.7 Å². The Bertz CT molecular complexity index is 683. The second-order valence-corrected chi connectivity index (χ2v) is 6.59. The Kier molecular flexibility index (Phi) is 10.6. The molecule has 28 heavy (non-hydrogen) atoms. The molecule has 1 aliphatic rings. The van der Waals surface area contributed by atoms with Gasteiger partial charge >= 0.3 is 0 Å². The number of nitrogens with two attached hydrogens (primary N) is 1. The van der Waals surface area contributed by atoms with E-state index in [9.17, 15) is 9.59 Å². The van der Waals surface area contributed by atoms with E-state index >= 15 is 0 Å². The topological polar surface area (TPSA) is 109 Å². The lowest BCUT2D eigenvalue weighted by molar-refractivity contribution is -0.119. The first kappa shape index (κ1) is 24.0. The van der Waals surface area contributed by atoms with Crippen molar-refractivity contribution < 1.29 is 14.3 Å². The maximum absolute atomic E-state index is 12.2. The Hall–Kier alpha value is -2.04. The molecule has 1 heterocycles. The van der Waals surface area contributed by atoms with Crippen molar-refractivity contribution in [3.63, 3.8) is 0 Å². The van der Waals surface area contributed by atoms with Crippen molar-refractivity contribution in [3.8, 4) is 5.75 Å². The summed E-state index contributed by atoms with van der Waals surface area (Å²) in [7, 11) is 3.30. The number of nitrogens with one attached hydrogen (secondary N) is 2. The summed E-state index contributed by atoms with van der Waals surface area (Å²) in [6, 6.07) is 7.03. The van der Waals surface area contributed by atoms with Crippen molar-refractivity contribution in [1.29, 1.82) is 0 Å². The zero-order valence-electron chi connectivity index (χ0n) is 16.4. The van der Waals surface area contributed by atoms with Gasteiger partial charge in [0.2, 0.25) is 5.91 Å². The fourth-order valence-corrected chi connectivity index (χ4v) is 3.26. The number of aliphatic imine (C=N–C) groups is 1. The van der Waals surface area contributed by atoms with Crippen LogP contribution in [-0.4, -0.2) is 63.0 Å². The molecule has 2 amide bonds. The molecular weight excluding hydrogens is 473 g/mol. The number of hydrogen-bond acceptors (Lipinski definition) is 4. The average molecular weight is 503 g/mol. The maximum atomic E-state index is 12.2. The monoisotopic (exact) mass is 503 g/mol. The molecule has 1 aromatic rings. The average Bonchev–Trinajstić information content (AvgIpc) is 2.67. The minimum absolute atomic E-state index is 0. The number of ether oxygens (including phenoxy) is 1. The van der Waals surface area contributed by atoms with E-state index in [0.29, 0.717) is 30.8 Å². The second-order valence-electron chi connectivity index (χ2n) is 6.59. The SMILES string of the molecule is CN=C(NCCNC(=O)c1cccc(OC)c1)N1CCCC(CC(N)=O)C1.I. The number of halogens is 1. The number of piperidine rings is 1. The number of carbonyl (C=O) groups is 2. The van der Waals surface area contributed by atoms with Crippen LogP contribution in [0.5, 0.6) is 5.75 Å². The fourth-order valence-electron chi connectivity index (χ4n) is 3.26. The van der Waals surface area contributed by atoms with Gasteiger partial charge in [0.15, 0.2) is 5.96 Å². The number of benzene rings is 1. The summed E-state index contributed by atoms with van der Waals surface area (Å²) in [6.45, 7) is 2.68. The summed E-state index contributed by atoms with van der Waals surface area (Å²) >= 11 is 0. The van der Waals surface area contributed by atoms with Crippen LogP contribution in [0.4, 0.5) is 0 Å². The normalized spacial score (nSPS) is 16.7. The number of rotatable bonds is 7.